The molecule has 0 saturated carbocycles. The number of likely N-dealkylation sites (N-methyl/N-ethyl adjacent to an activating group) is 1. The summed E-state index contributed by atoms with van der Waals surface area (Å²) >= 11 is 5.82. The van der Waals surface area contributed by atoms with E-state index in [1.54, 1.807) is 6.08 Å². The van der Waals surface area contributed by atoms with Gasteiger partial charge in [0.05, 0.1) is 4.92 Å². The predicted octanol–water partition coefficient (Wildman–Crippen LogP) is 4.74. The average Bonchev–Trinajstić information content (AvgIpc) is 2.76. The quantitative estimate of drug-likeness (QED) is 0.345. The second-order valence-corrected chi connectivity index (χ2v) is 6.93. The van der Waals surface area contributed by atoms with Crippen LogP contribution in [0.25, 0.3) is 0 Å². The van der Waals surface area contributed by atoms with Crippen molar-refractivity contribution >= 4 is 28.8 Å². The van der Waals surface area contributed by atoms with Crippen LogP contribution in [0.3, 0.4) is 0 Å². The van der Waals surface area contributed by atoms with Gasteiger partial charge in [0.25, 0.3) is 5.69 Å². The van der Waals surface area contributed by atoms with Gasteiger partial charge in [-0.25, -0.2) is 0 Å². The Hall–Kier alpha value is -2.66. The third-order valence-corrected chi connectivity index (χ3v) is 4.96. The fraction of sp³-hybridized carbons (Fsp3) is 0.211. The van der Waals surface area contributed by atoms with Gasteiger partial charge in [-0.1, -0.05) is 43.6 Å². The molecule has 25 heavy (non-hydrogen) atoms. The van der Waals surface area contributed by atoms with Crippen molar-refractivity contribution in [3.63, 3.8) is 0 Å². The van der Waals surface area contributed by atoms with Gasteiger partial charge < -0.3 is 4.90 Å². The molecular formula is C19H17ClN2O3. The molecule has 0 fully saturated rings. The number of hydrogen-bond acceptors (Lipinski definition) is 4. The van der Waals surface area contributed by atoms with Crippen LogP contribution in [0.15, 0.2) is 54.2 Å². The third-order valence-electron chi connectivity index (χ3n) is 4.64. The van der Waals surface area contributed by atoms with E-state index in [0.29, 0.717) is 0 Å². The molecule has 3 rings (SSSR count). The predicted molar refractivity (Wildman–Crippen MR) is 98.4 cm³/mol. The summed E-state index contributed by atoms with van der Waals surface area (Å²) in [5.74, 6) is -0.289. The lowest BCUT2D eigenvalue weighted by Crippen LogP contribution is -2.24. The van der Waals surface area contributed by atoms with E-state index >= 15 is 0 Å². The highest BCUT2D eigenvalue weighted by Crippen LogP contribution is 2.46. The Morgan fingerprint density at radius 1 is 1.24 bits per heavy atom. The summed E-state index contributed by atoms with van der Waals surface area (Å²) in [5, 5.41) is 11.0. The van der Waals surface area contributed by atoms with Crippen LogP contribution in [-0.2, 0) is 5.41 Å². The lowest BCUT2D eigenvalue weighted by molar-refractivity contribution is -0.384. The summed E-state index contributed by atoms with van der Waals surface area (Å²) < 4.78 is 0. The number of halogens is 1. The zero-order chi connectivity index (χ0) is 18.4. The highest BCUT2D eigenvalue weighted by Gasteiger charge is 2.38. The van der Waals surface area contributed by atoms with E-state index in [1.165, 1.54) is 18.2 Å². The van der Waals surface area contributed by atoms with E-state index in [0.717, 1.165) is 16.9 Å². The Kier molecular flexibility index (Phi) is 4.13. The summed E-state index contributed by atoms with van der Waals surface area (Å²) in [6.45, 7) is 4.11. The number of anilines is 1. The van der Waals surface area contributed by atoms with Crippen molar-refractivity contribution in [2.45, 2.75) is 19.3 Å². The minimum atomic E-state index is -0.590. The molecule has 2 aromatic rings. The number of carbonyl (C=O) groups is 1. The first-order valence-electron chi connectivity index (χ1n) is 7.77. The topological polar surface area (TPSA) is 63.5 Å². The van der Waals surface area contributed by atoms with E-state index in [9.17, 15) is 14.9 Å². The Morgan fingerprint density at radius 3 is 2.56 bits per heavy atom. The number of benzene rings is 2. The van der Waals surface area contributed by atoms with Crippen LogP contribution in [0.5, 0.6) is 0 Å². The van der Waals surface area contributed by atoms with E-state index in [1.807, 2.05) is 36.2 Å². The van der Waals surface area contributed by atoms with E-state index in [2.05, 4.69) is 13.8 Å². The maximum Gasteiger partial charge on any atom is 0.288 e. The zero-order valence-corrected chi connectivity index (χ0v) is 14.9. The number of carbonyl (C=O) groups excluding carboxylic acids is 1. The number of nitro groups is 1. The van der Waals surface area contributed by atoms with Gasteiger partial charge in [-0.2, -0.15) is 0 Å². The molecule has 0 N–H and O–H groups in total. The number of rotatable bonds is 3. The summed E-state index contributed by atoms with van der Waals surface area (Å²) in [6, 6.07) is 12.1. The largest absolute Gasteiger partial charge is 0.347 e. The maximum absolute atomic E-state index is 12.7. The molecule has 1 heterocycles. The van der Waals surface area contributed by atoms with Crippen molar-refractivity contribution < 1.29 is 9.72 Å². The zero-order valence-electron chi connectivity index (χ0n) is 14.1. The van der Waals surface area contributed by atoms with Gasteiger partial charge in [0.15, 0.2) is 5.78 Å². The number of allylic oxidation sites excluding steroid dienone is 2. The molecule has 0 unspecified atom stereocenters. The van der Waals surface area contributed by atoms with Crippen LogP contribution in [-0.4, -0.2) is 17.8 Å². The lowest BCUT2D eigenvalue weighted by atomic mass is 9.83. The van der Waals surface area contributed by atoms with Gasteiger partial charge in [-0.15, -0.1) is 0 Å². The van der Waals surface area contributed by atoms with Gasteiger partial charge in [0, 0.05) is 41.6 Å². The highest BCUT2D eigenvalue weighted by atomic mass is 35.5. The summed E-state index contributed by atoms with van der Waals surface area (Å²) in [7, 11) is 1.91. The molecular weight excluding hydrogens is 340 g/mol. The maximum atomic E-state index is 12.7. The molecule has 0 atom stereocenters. The Labute approximate surface area is 150 Å². The smallest absolute Gasteiger partial charge is 0.288 e. The first-order chi connectivity index (χ1) is 11.7. The van der Waals surface area contributed by atoms with Crippen LogP contribution < -0.4 is 4.90 Å². The van der Waals surface area contributed by atoms with E-state index in [4.69, 9.17) is 11.6 Å². The average molecular weight is 357 g/mol. The van der Waals surface area contributed by atoms with Gasteiger partial charge >= 0.3 is 0 Å². The summed E-state index contributed by atoms with van der Waals surface area (Å²) in [4.78, 5) is 25.1. The van der Waals surface area contributed by atoms with Gasteiger partial charge in [-0.3, -0.25) is 14.9 Å². The van der Waals surface area contributed by atoms with E-state index in [-0.39, 0.29) is 27.5 Å². The molecule has 5 nitrogen and oxygen atoms in total. The normalized spacial score (nSPS) is 16.8. The second kappa shape index (κ2) is 6.01. The second-order valence-electron chi connectivity index (χ2n) is 6.52. The Balaban J connectivity index is 2.03. The molecule has 1 aliphatic heterocycles. The molecule has 0 saturated heterocycles. The molecule has 0 spiro atoms. The summed E-state index contributed by atoms with van der Waals surface area (Å²) in [6.07, 6.45) is 1.55. The molecule has 128 valence electrons. The standard InChI is InChI=1S/C19H17ClN2O3/c1-19(2)13-6-4-5-7-15(13)21(3)18(19)11-17(23)12-8-9-14(20)16(10-12)22(24)25/h4-11H,1-3H3/b18-11-. The molecule has 0 aromatic heterocycles. The van der Waals surface area contributed by atoms with Crippen molar-refractivity contribution in [3.05, 3.63) is 80.5 Å². The number of nitro benzene ring substituents is 1. The van der Waals surface area contributed by atoms with Crippen LogP contribution in [0, 0.1) is 10.1 Å². The first-order valence-corrected chi connectivity index (χ1v) is 8.15. The molecule has 6 heteroatoms. The number of fused-ring (bicyclic) bond motifs is 1. The third kappa shape index (κ3) is 2.81. The minimum Gasteiger partial charge on any atom is -0.347 e. The van der Waals surface area contributed by atoms with Crippen LogP contribution in [0.4, 0.5) is 11.4 Å². The molecule has 1 aliphatic rings. The number of para-hydroxylation sites is 1. The van der Waals surface area contributed by atoms with Crippen molar-refractivity contribution in [2.75, 3.05) is 11.9 Å². The first kappa shape index (κ1) is 17.2. The lowest BCUT2D eigenvalue weighted by Gasteiger charge is -2.23. The molecule has 0 aliphatic carbocycles. The van der Waals surface area contributed by atoms with Crippen molar-refractivity contribution in [3.8, 4) is 0 Å². The van der Waals surface area contributed by atoms with Crippen molar-refractivity contribution in [1.82, 2.24) is 0 Å². The molecule has 0 amide bonds. The fourth-order valence-electron chi connectivity index (χ4n) is 3.27. The van der Waals surface area contributed by atoms with Gasteiger partial charge in [-0.05, 0) is 23.8 Å². The number of hydrogen-bond donors (Lipinski definition) is 0. The fourth-order valence-corrected chi connectivity index (χ4v) is 3.46. The van der Waals surface area contributed by atoms with Gasteiger partial charge in [0.1, 0.15) is 5.02 Å². The monoisotopic (exact) mass is 356 g/mol. The van der Waals surface area contributed by atoms with Crippen LogP contribution >= 0.6 is 11.6 Å². The van der Waals surface area contributed by atoms with Crippen molar-refractivity contribution in [2.24, 2.45) is 0 Å². The van der Waals surface area contributed by atoms with Crippen LogP contribution in [0.2, 0.25) is 5.02 Å². The van der Waals surface area contributed by atoms with Crippen LogP contribution in [0.1, 0.15) is 29.8 Å². The summed E-state index contributed by atoms with van der Waals surface area (Å²) in [5.41, 5.74) is 2.67. The SMILES string of the molecule is CN1/C(=C\C(=O)c2ccc(Cl)c([N+](=O)[O-])c2)C(C)(C)c2ccccc21. The van der Waals surface area contributed by atoms with E-state index < -0.39 is 4.92 Å². The van der Waals surface area contributed by atoms with Gasteiger partial charge in [0.2, 0.25) is 0 Å². The number of ketones is 1. The molecule has 0 bridgehead atoms. The number of nitrogens with zero attached hydrogens (tertiary/aromatic N) is 2. The van der Waals surface area contributed by atoms with Crippen molar-refractivity contribution in [1.29, 1.82) is 0 Å². The Morgan fingerprint density at radius 2 is 1.92 bits per heavy atom. The molecule has 0 radical (unpaired) electrons. The Bertz CT molecular complexity index is 919. The minimum absolute atomic E-state index is 0.0138. The highest BCUT2D eigenvalue weighted by molar-refractivity contribution is 6.32. The molecule has 2 aromatic carbocycles.